The molecule has 0 unspecified atom stereocenters. The molecule has 1 fully saturated rings. The lowest BCUT2D eigenvalue weighted by atomic mass is 9.92. The van der Waals surface area contributed by atoms with E-state index in [0.29, 0.717) is 25.9 Å². The van der Waals surface area contributed by atoms with Crippen molar-refractivity contribution in [2.24, 2.45) is 5.41 Å². The van der Waals surface area contributed by atoms with Crippen LogP contribution in [-0.4, -0.2) is 41.7 Å². The zero-order valence-electron chi connectivity index (χ0n) is 13.7. The number of rotatable bonds is 4. The van der Waals surface area contributed by atoms with Gasteiger partial charge >= 0.3 is 0 Å². The van der Waals surface area contributed by atoms with Crippen molar-refractivity contribution < 1.29 is 14.0 Å². The number of alkyl halides is 1. The fourth-order valence-corrected chi connectivity index (χ4v) is 3.05. The number of amides is 2. The molecule has 2 rings (SSSR count). The molecule has 1 aliphatic heterocycles. The molecule has 1 aromatic carbocycles. The highest BCUT2D eigenvalue weighted by atomic mass is 35.5. The summed E-state index contributed by atoms with van der Waals surface area (Å²) in [6.07, 6.45) is 1.23. The zero-order valence-corrected chi connectivity index (χ0v) is 15.3. The van der Waals surface area contributed by atoms with Gasteiger partial charge < -0.3 is 10.2 Å². The van der Waals surface area contributed by atoms with E-state index in [1.54, 1.807) is 4.90 Å². The number of benzene rings is 1. The van der Waals surface area contributed by atoms with Gasteiger partial charge in [0.1, 0.15) is 5.82 Å². The molecule has 1 N–H and O–H groups in total. The number of likely N-dealkylation sites (tertiary alicyclic amines) is 1. The van der Waals surface area contributed by atoms with Crippen LogP contribution in [0, 0.1) is 11.2 Å². The van der Waals surface area contributed by atoms with E-state index >= 15 is 0 Å². The lowest BCUT2D eigenvalue weighted by molar-refractivity contribution is -0.140. The summed E-state index contributed by atoms with van der Waals surface area (Å²) in [6, 6.07) is 4.03. The van der Waals surface area contributed by atoms with Gasteiger partial charge in [-0.2, -0.15) is 0 Å². The average Bonchev–Trinajstić information content (AvgIpc) is 2.54. The molecule has 24 heavy (non-hydrogen) atoms. The molecule has 2 amide bonds. The van der Waals surface area contributed by atoms with Gasteiger partial charge in [-0.15, -0.1) is 11.6 Å². The van der Waals surface area contributed by atoms with Crippen LogP contribution in [0.2, 0.25) is 5.02 Å². The first-order chi connectivity index (χ1) is 11.3. The lowest BCUT2D eigenvalue weighted by Crippen LogP contribution is -2.50. The minimum absolute atomic E-state index is 0.0134. The van der Waals surface area contributed by atoms with Crippen LogP contribution < -0.4 is 5.32 Å². The number of hydrogen-bond acceptors (Lipinski definition) is 2. The second-order valence-electron chi connectivity index (χ2n) is 6.65. The molecule has 0 atom stereocenters. The Bertz CT molecular complexity index is 609. The third-order valence-corrected chi connectivity index (χ3v) is 5.20. The molecule has 7 heteroatoms. The number of carbonyl (C=O) groups is 2. The molecule has 0 bridgehead atoms. The van der Waals surface area contributed by atoms with Gasteiger partial charge in [-0.3, -0.25) is 9.59 Å². The minimum Gasteiger partial charge on any atom is -0.349 e. The predicted octanol–water partition coefficient (Wildman–Crippen LogP) is 3.46. The van der Waals surface area contributed by atoms with Crippen molar-refractivity contribution in [3.05, 3.63) is 34.6 Å². The van der Waals surface area contributed by atoms with E-state index in [1.165, 1.54) is 18.2 Å². The number of carbonyl (C=O) groups excluding carboxylic acids is 2. The number of nitrogens with one attached hydrogen (secondary N) is 1. The van der Waals surface area contributed by atoms with Gasteiger partial charge in [-0.25, -0.2) is 4.39 Å². The molecule has 1 aliphatic rings. The SMILES string of the molecule is CC(C)(CCl)C(=O)N1CCC(NC(=O)c2c(F)cccc2Cl)CC1. The van der Waals surface area contributed by atoms with Crippen LogP contribution in [0.5, 0.6) is 0 Å². The van der Waals surface area contributed by atoms with Crippen molar-refractivity contribution in [2.45, 2.75) is 32.7 Å². The highest BCUT2D eigenvalue weighted by Crippen LogP contribution is 2.24. The average molecular weight is 375 g/mol. The summed E-state index contributed by atoms with van der Waals surface area (Å²) < 4.78 is 13.8. The normalized spacial score (nSPS) is 16.1. The molecule has 1 saturated heterocycles. The largest absolute Gasteiger partial charge is 0.349 e. The lowest BCUT2D eigenvalue weighted by Gasteiger charge is -2.36. The van der Waals surface area contributed by atoms with Crippen molar-refractivity contribution >= 4 is 35.0 Å². The van der Waals surface area contributed by atoms with E-state index in [0.717, 1.165) is 0 Å². The zero-order chi connectivity index (χ0) is 17.9. The van der Waals surface area contributed by atoms with Crippen LogP contribution in [-0.2, 0) is 4.79 Å². The number of piperidine rings is 1. The monoisotopic (exact) mass is 374 g/mol. The van der Waals surface area contributed by atoms with E-state index in [2.05, 4.69) is 5.32 Å². The molecule has 0 saturated carbocycles. The van der Waals surface area contributed by atoms with E-state index in [9.17, 15) is 14.0 Å². The Balaban J connectivity index is 1.94. The van der Waals surface area contributed by atoms with Gasteiger partial charge in [0.25, 0.3) is 5.91 Å². The summed E-state index contributed by atoms with van der Waals surface area (Å²) in [5.74, 6) is -0.895. The van der Waals surface area contributed by atoms with Gasteiger partial charge in [0, 0.05) is 25.0 Å². The van der Waals surface area contributed by atoms with Gasteiger partial charge in [-0.1, -0.05) is 17.7 Å². The number of hydrogen-bond donors (Lipinski definition) is 1. The molecule has 0 radical (unpaired) electrons. The highest BCUT2D eigenvalue weighted by molar-refractivity contribution is 6.33. The summed E-state index contributed by atoms with van der Waals surface area (Å²) in [6.45, 7) is 4.71. The Morgan fingerprint density at radius 1 is 1.33 bits per heavy atom. The van der Waals surface area contributed by atoms with Crippen molar-refractivity contribution in [1.82, 2.24) is 10.2 Å². The van der Waals surface area contributed by atoms with Crippen LogP contribution in [0.15, 0.2) is 18.2 Å². The van der Waals surface area contributed by atoms with Crippen LogP contribution >= 0.6 is 23.2 Å². The van der Waals surface area contributed by atoms with Gasteiger partial charge in [0.15, 0.2) is 0 Å². The van der Waals surface area contributed by atoms with Crippen molar-refractivity contribution in [2.75, 3.05) is 19.0 Å². The molecular formula is C17H21Cl2FN2O2. The predicted molar refractivity (Wildman–Crippen MR) is 93.0 cm³/mol. The Morgan fingerprint density at radius 2 is 1.96 bits per heavy atom. The molecule has 0 aromatic heterocycles. The second-order valence-corrected chi connectivity index (χ2v) is 7.33. The first kappa shape index (κ1) is 19.0. The molecular weight excluding hydrogens is 354 g/mol. The van der Waals surface area contributed by atoms with Crippen molar-refractivity contribution in [3.8, 4) is 0 Å². The van der Waals surface area contributed by atoms with Gasteiger partial charge in [0.05, 0.1) is 16.0 Å². The topological polar surface area (TPSA) is 49.4 Å². The van der Waals surface area contributed by atoms with Crippen LogP contribution in [0.25, 0.3) is 0 Å². The Labute approximate surface area is 151 Å². The fraction of sp³-hybridized carbons (Fsp3) is 0.529. The van der Waals surface area contributed by atoms with Gasteiger partial charge in [-0.05, 0) is 38.8 Å². The quantitative estimate of drug-likeness (QED) is 0.820. The van der Waals surface area contributed by atoms with E-state index in [1.807, 2.05) is 13.8 Å². The summed E-state index contributed by atoms with van der Waals surface area (Å²) in [5, 5.41) is 2.89. The third-order valence-electron chi connectivity index (χ3n) is 4.22. The van der Waals surface area contributed by atoms with E-state index in [-0.39, 0.29) is 28.4 Å². The first-order valence-corrected chi connectivity index (χ1v) is 8.77. The maximum absolute atomic E-state index is 13.8. The van der Waals surface area contributed by atoms with Crippen molar-refractivity contribution in [3.63, 3.8) is 0 Å². The smallest absolute Gasteiger partial charge is 0.255 e. The second kappa shape index (κ2) is 7.70. The summed E-state index contributed by atoms with van der Waals surface area (Å²) in [7, 11) is 0. The molecule has 132 valence electrons. The maximum Gasteiger partial charge on any atom is 0.255 e. The molecule has 1 aromatic rings. The number of nitrogens with zero attached hydrogens (tertiary/aromatic N) is 1. The van der Waals surface area contributed by atoms with Gasteiger partial charge in [0.2, 0.25) is 5.91 Å². The summed E-state index contributed by atoms with van der Waals surface area (Å²) >= 11 is 11.8. The molecule has 0 spiro atoms. The number of halogens is 3. The third kappa shape index (κ3) is 4.19. The Hall–Kier alpha value is -1.33. The fourth-order valence-electron chi connectivity index (χ4n) is 2.68. The molecule has 0 aliphatic carbocycles. The molecule has 1 heterocycles. The summed E-state index contributed by atoms with van der Waals surface area (Å²) in [5.41, 5.74) is -0.737. The summed E-state index contributed by atoms with van der Waals surface area (Å²) in [4.78, 5) is 26.4. The van der Waals surface area contributed by atoms with E-state index < -0.39 is 17.1 Å². The van der Waals surface area contributed by atoms with Crippen LogP contribution in [0.4, 0.5) is 4.39 Å². The highest BCUT2D eigenvalue weighted by Gasteiger charge is 2.33. The van der Waals surface area contributed by atoms with Crippen molar-refractivity contribution in [1.29, 1.82) is 0 Å². The first-order valence-electron chi connectivity index (χ1n) is 7.86. The van der Waals surface area contributed by atoms with E-state index in [4.69, 9.17) is 23.2 Å². The Morgan fingerprint density at radius 3 is 2.50 bits per heavy atom. The van der Waals surface area contributed by atoms with Crippen LogP contribution in [0.1, 0.15) is 37.0 Å². The van der Waals surface area contributed by atoms with Crippen LogP contribution in [0.3, 0.4) is 0 Å². The minimum atomic E-state index is -0.642. The maximum atomic E-state index is 13.8. The molecule has 4 nitrogen and oxygen atoms in total. The Kier molecular flexibility index (Phi) is 6.10. The standard InChI is InChI=1S/C17H21Cl2FN2O2/c1-17(2,10-18)16(24)22-8-6-11(7-9-22)21-15(23)14-12(19)4-3-5-13(14)20/h3-5,11H,6-10H2,1-2H3,(H,21,23).